The number of nitrogens with zero attached hydrogens (tertiary/aromatic N) is 5. The lowest BCUT2D eigenvalue weighted by atomic mass is 10.1. The van der Waals surface area contributed by atoms with Gasteiger partial charge in [-0.2, -0.15) is 0 Å². The Kier molecular flexibility index (Phi) is 4.09. The summed E-state index contributed by atoms with van der Waals surface area (Å²) in [6.45, 7) is 6.76. The van der Waals surface area contributed by atoms with Crippen LogP contribution in [-0.2, 0) is 0 Å². The van der Waals surface area contributed by atoms with Crippen LogP contribution in [-0.4, -0.2) is 50.2 Å². The van der Waals surface area contributed by atoms with Crippen molar-refractivity contribution in [3.05, 3.63) is 65.9 Å². The molecule has 1 unspecified atom stereocenters. The van der Waals surface area contributed by atoms with Crippen LogP contribution in [0.5, 0.6) is 0 Å². The molecule has 1 saturated heterocycles. The van der Waals surface area contributed by atoms with Crippen molar-refractivity contribution in [3.63, 3.8) is 0 Å². The van der Waals surface area contributed by atoms with Gasteiger partial charge in [0.15, 0.2) is 17.3 Å². The second kappa shape index (κ2) is 6.66. The molecule has 5 heterocycles. The highest BCUT2D eigenvalue weighted by Crippen LogP contribution is 2.21. The Morgan fingerprint density at radius 2 is 2.17 bits per heavy atom. The van der Waals surface area contributed by atoms with Gasteiger partial charge in [0.2, 0.25) is 5.78 Å². The number of pyridine rings is 2. The predicted octanol–water partition coefficient (Wildman–Crippen LogP) is 2.46. The van der Waals surface area contributed by atoms with E-state index in [0.29, 0.717) is 11.7 Å². The Morgan fingerprint density at radius 3 is 3.00 bits per heavy atom. The van der Waals surface area contributed by atoms with E-state index < -0.39 is 5.82 Å². The van der Waals surface area contributed by atoms with Gasteiger partial charge in [-0.05, 0) is 32.0 Å². The van der Waals surface area contributed by atoms with Gasteiger partial charge in [0.25, 0.3) is 0 Å². The number of carbonyl (C=O) groups is 1. The number of nitrogens with one attached hydrogen (secondary N) is 1. The number of rotatable bonds is 3. The van der Waals surface area contributed by atoms with E-state index in [9.17, 15) is 9.18 Å². The van der Waals surface area contributed by atoms with Crippen LogP contribution in [0.4, 0.5) is 10.1 Å². The first-order valence-corrected chi connectivity index (χ1v) is 9.64. The lowest BCUT2D eigenvalue weighted by Gasteiger charge is -2.33. The van der Waals surface area contributed by atoms with E-state index in [1.165, 1.54) is 10.5 Å². The minimum Gasteiger partial charge on any atom is -0.369 e. The minimum absolute atomic E-state index is 0.210. The van der Waals surface area contributed by atoms with Crippen molar-refractivity contribution in [1.29, 1.82) is 0 Å². The molecule has 0 spiro atoms. The summed E-state index contributed by atoms with van der Waals surface area (Å²) in [4.78, 5) is 23.8. The molecule has 1 N–H and O–H groups in total. The van der Waals surface area contributed by atoms with E-state index in [-0.39, 0.29) is 22.8 Å². The number of fused-ring (bicyclic) bond motifs is 2. The maximum absolute atomic E-state index is 14.4. The third-order valence-electron chi connectivity index (χ3n) is 5.34. The summed E-state index contributed by atoms with van der Waals surface area (Å²) in [7, 11) is 0. The number of hydrogen-bond acceptors (Lipinski definition) is 5. The zero-order chi connectivity index (χ0) is 20.1. The molecule has 29 heavy (non-hydrogen) atoms. The molecule has 8 heteroatoms. The average molecular weight is 392 g/mol. The first kappa shape index (κ1) is 17.8. The van der Waals surface area contributed by atoms with E-state index in [1.807, 2.05) is 18.3 Å². The zero-order valence-corrected chi connectivity index (χ0v) is 16.3. The highest BCUT2D eigenvalue weighted by atomic mass is 19.1. The second-order valence-electron chi connectivity index (χ2n) is 7.58. The molecule has 1 aliphatic rings. The van der Waals surface area contributed by atoms with Gasteiger partial charge in [0, 0.05) is 55.5 Å². The summed E-state index contributed by atoms with van der Waals surface area (Å²) in [5.41, 5.74) is 3.07. The van der Waals surface area contributed by atoms with E-state index in [4.69, 9.17) is 0 Å². The summed E-state index contributed by atoms with van der Waals surface area (Å²) >= 11 is 0. The van der Waals surface area contributed by atoms with Gasteiger partial charge in [-0.3, -0.25) is 9.20 Å². The van der Waals surface area contributed by atoms with Crippen LogP contribution in [0.25, 0.3) is 11.2 Å². The summed E-state index contributed by atoms with van der Waals surface area (Å²) < 4.78 is 17.7. The topological polar surface area (TPSA) is 66.9 Å². The minimum atomic E-state index is -0.528. The third kappa shape index (κ3) is 3.05. The smallest absolute Gasteiger partial charge is 0.230 e. The molecule has 0 saturated carbocycles. The molecule has 4 aromatic heterocycles. The molecule has 0 aliphatic carbocycles. The lowest BCUT2D eigenvalue weighted by molar-refractivity contribution is 0.102. The molecule has 4 aromatic rings. The van der Waals surface area contributed by atoms with E-state index in [0.717, 1.165) is 30.8 Å². The number of halogens is 1. The fourth-order valence-corrected chi connectivity index (χ4v) is 3.95. The number of hydrogen-bond donors (Lipinski definition) is 1. The highest BCUT2D eigenvalue weighted by Gasteiger charge is 2.20. The Morgan fingerprint density at radius 1 is 1.31 bits per heavy atom. The van der Waals surface area contributed by atoms with E-state index in [2.05, 4.69) is 27.1 Å². The van der Waals surface area contributed by atoms with Crippen molar-refractivity contribution in [3.8, 4) is 0 Å². The zero-order valence-electron chi connectivity index (χ0n) is 16.3. The summed E-state index contributed by atoms with van der Waals surface area (Å²) in [5.74, 6) is -0.601. The molecular formula is C21H21FN6O. The van der Waals surface area contributed by atoms with E-state index >= 15 is 0 Å². The number of aryl methyl sites for hydroxylation is 1. The van der Waals surface area contributed by atoms with Gasteiger partial charge in [0.1, 0.15) is 0 Å². The van der Waals surface area contributed by atoms with Crippen LogP contribution in [0.2, 0.25) is 0 Å². The fourth-order valence-electron chi connectivity index (χ4n) is 3.95. The van der Waals surface area contributed by atoms with Crippen LogP contribution in [0.15, 0.2) is 43.0 Å². The first-order valence-electron chi connectivity index (χ1n) is 9.64. The molecule has 1 aliphatic heterocycles. The average Bonchev–Trinajstić information content (AvgIpc) is 3.30. The predicted molar refractivity (Wildman–Crippen MR) is 108 cm³/mol. The van der Waals surface area contributed by atoms with Gasteiger partial charge in [0.05, 0.1) is 17.4 Å². The Bertz CT molecular complexity index is 1240. The number of carbonyl (C=O) groups excluding carboxylic acids is 1. The highest BCUT2D eigenvalue weighted by molar-refractivity contribution is 6.07. The van der Waals surface area contributed by atoms with Crippen molar-refractivity contribution in [2.24, 2.45) is 0 Å². The van der Waals surface area contributed by atoms with Gasteiger partial charge < -0.3 is 14.6 Å². The van der Waals surface area contributed by atoms with E-state index in [1.54, 1.807) is 29.9 Å². The Balaban J connectivity index is 1.51. The maximum atomic E-state index is 14.4. The van der Waals surface area contributed by atoms with Crippen LogP contribution in [0, 0.1) is 12.7 Å². The molecule has 1 fully saturated rings. The number of anilines is 1. The maximum Gasteiger partial charge on any atom is 0.230 e. The van der Waals surface area contributed by atoms with Crippen LogP contribution >= 0.6 is 0 Å². The Hall–Kier alpha value is -3.26. The molecule has 7 nitrogen and oxygen atoms in total. The third-order valence-corrected chi connectivity index (χ3v) is 5.34. The van der Waals surface area contributed by atoms with Crippen molar-refractivity contribution < 1.29 is 9.18 Å². The molecular weight excluding hydrogens is 371 g/mol. The lowest BCUT2D eigenvalue weighted by Crippen LogP contribution is -2.49. The molecule has 0 bridgehead atoms. The number of imidazole rings is 2. The van der Waals surface area contributed by atoms with Gasteiger partial charge in [-0.15, -0.1) is 0 Å². The van der Waals surface area contributed by atoms with Gasteiger partial charge in [-0.1, -0.05) is 0 Å². The largest absolute Gasteiger partial charge is 0.369 e. The normalized spacial score (nSPS) is 17.3. The molecule has 0 amide bonds. The van der Waals surface area contributed by atoms with Crippen molar-refractivity contribution >= 4 is 22.6 Å². The molecule has 148 valence electrons. The van der Waals surface area contributed by atoms with Crippen LogP contribution in [0.1, 0.15) is 28.8 Å². The number of ketones is 1. The van der Waals surface area contributed by atoms with Crippen molar-refractivity contribution in [2.75, 3.05) is 24.5 Å². The molecule has 0 radical (unpaired) electrons. The summed E-state index contributed by atoms with van der Waals surface area (Å²) in [5, 5.41) is 3.43. The van der Waals surface area contributed by atoms with Crippen LogP contribution < -0.4 is 10.2 Å². The molecule has 5 rings (SSSR count). The van der Waals surface area contributed by atoms with Crippen molar-refractivity contribution in [1.82, 2.24) is 24.1 Å². The fraction of sp³-hybridized carbons (Fsp3) is 0.286. The monoisotopic (exact) mass is 392 g/mol. The SMILES string of the molecule is Cc1cn2cc(C(=O)c3ncc4cc(N5CCNC(C)C5)ccn34)cc(F)c2n1. The van der Waals surface area contributed by atoms with Crippen LogP contribution in [0.3, 0.4) is 0 Å². The summed E-state index contributed by atoms with van der Waals surface area (Å²) in [6.07, 6.45) is 6.82. The quantitative estimate of drug-likeness (QED) is 0.543. The summed E-state index contributed by atoms with van der Waals surface area (Å²) in [6, 6.07) is 5.68. The Labute approximate surface area is 166 Å². The number of aromatic nitrogens is 4. The first-order chi connectivity index (χ1) is 14.0. The number of piperazine rings is 1. The molecule has 0 aromatic carbocycles. The molecule has 1 atom stereocenters. The standard InChI is InChI=1S/C21H21FN6O/c1-13-10-26(6-4-23-13)16-3-5-28-17(8-16)9-24-21(28)19(29)15-7-18(22)20-25-14(2)11-27(20)12-15/h3,5,7-9,11-13,23H,4,6,10H2,1-2H3. The van der Waals surface area contributed by atoms with Gasteiger partial charge in [-0.25, -0.2) is 14.4 Å². The second-order valence-corrected chi connectivity index (χ2v) is 7.58. The van der Waals surface area contributed by atoms with Crippen molar-refractivity contribution in [2.45, 2.75) is 19.9 Å². The van der Waals surface area contributed by atoms with Gasteiger partial charge >= 0.3 is 0 Å².